The predicted molar refractivity (Wildman–Crippen MR) is 47.9 cm³/mol. The summed E-state index contributed by atoms with van der Waals surface area (Å²) >= 11 is 0. The molecular weight excluding hydrogens is 153 g/mol. The monoisotopic (exact) mass is 169 g/mol. The quantitative estimate of drug-likeness (QED) is 0.531. The largest absolute Gasteiger partial charge is 0.454 e. The van der Waals surface area contributed by atoms with E-state index in [2.05, 4.69) is 11.9 Å². The highest BCUT2D eigenvalue weighted by atomic mass is 16.5. The fraction of sp³-hybridized carbons (Fsp3) is 1.00. The summed E-state index contributed by atoms with van der Waals surface area (Å²) in [5.41, 5.74) is -0.00752. The molecule has 0 aliphatic carbocycles. The SMILES string of the molecule is CN1CCCC2(CCB(O)O2)C1. The summed E-state index contributed by atoms with van der Waals surface area (Å²) in [5, 5.41) is 9.29. The number of likely N-dealkylation sites (N-methyl/N-ethyl adjacent to an activating group) is 1. The summed E-state index contributed by atoms with van der Waals surface area (Å²) in [4.78, 5) is 2.29. The molecule has 2 saturated heterocycles. The highest BCUT2D eigenvalue weighted by Crippen LogP contribution is 2.35. The summed E-state index contributed by atoms with van der Waals surface area (Å²) in [6.45, 7) is 2.16. The number of likely N-dealkylation sites (tertiary alicyclic amines) is 1. The Morgan fingerprint density at radius 1 is 1.50 bits per heavy atom. The lowest BCUT2D eigenvalue weighted by molar-refractivity contribution is 0.00491. The van der Waals surface area contributed by atoms with Gasteiger partial charge in [-0.15, -0.1) is 0 Å². The van der Waals surface area contributed by atoms with Crippen LogP contribution in [0.4, 0.5) is 0 Å². The molecule has 2 fully saturated rings. The van der Waals surface area contributed by atoms with E-state index in [4.69, 9.17) is 4.65 Å². The zero-order valence-corrected chi connectivity index (χ0v) is 7.62. The number of nitrogens with zero attached hydrogens (tertiary/aromatic N) is 1. The number of piperidine rings is 1. The number of hydrogen-bond acceptors (Lipinski definition) is 3. The van der Waals surface area contributed by atoms with Crippen LogP contribution in [0.15, 0.2) is 0 Å². The molecule has 2 aliphatic heterocycles. The van der Waals surface area contributed by atoms with Crippen molar-refractivity contribution >= 4 is 7.12 Å². The van der Waals surface area contributed by atoms with Gasteiger partial charge in [0.2, 0.25) is 0 Å². The van der Waals surface area contributed by atoms with Crippen LogP contribution in [0.5, 0.6) is 0 Å². The van der Waals surface area contributed by atoms with Gasteiger partial charge < -0.3 is 14.6 Å². The van der Waals surface area contributed by atoms with E-state index in [1.807, 2.05) is 0 Å². The molecule has 0 amide bonds. The van der Waals surface area contributed by atoms with Crippen LogP contribution in [-0.4, -0.2) is 42.8 Å². The van der Waals surface area contributed by atoms with E-state index in [9.17, 15) is 5.02 Å². The Kier molecular flexibility index (Phi) is 2.15. The van der Waals surface area contributed by atoms with Crippen LogP contribution in [-0.2, 0) is 4.65 Å². The summed E-state index contributed by atoms with van der Waals surface area (Å²) in [5.74, 6) is 0. The first-order valence-electron chi connectivity index (χ1n) is 4.75. The van der Waals surface area contributed by atoms with E-state index in [0.717, 1.165) is 25.7 Å². The van der Waals surface area contributed by atoms with Crippen molar-refractivity contribution in [2.24, 2.45) is 0 Å². The van der Waals surface area contributed by atoms with Crippen molar-refractivity contribution in [1.82, 2.24) is 4.90 Å². The van der Waals surface area contributed by atoms with E-state index in [-0.39, 0.29) is 5.60 Å². The average molecular weight is 169 g/mol. The smallest absolute Gasteiger partial charge is 0.427 e. The molecule has 1 spiro atoms. The molecule has 3 nitrogen and oxygen atoms in total. The molecule has 1 unspecified atom stereocenters. The Labute approximate surface area is 73.8 Å². The fourth-order valence-electron chi connectivity index (χ4n) is 2.41. The Hall–Kier alpha value is -0.0551. The molecule has 2 rings (SSSR count). The van der Waals surface area contributed by atoms with Gasteiger partial charge in [0, 0.05) is 6.54 Å². The normalized spacial score (nSPS) is 38.0. The van der Waals surface area contributed by atoms with Gasteiger partial charge in [0.15, 0.2) is 0 Å². The zero-order valence-electron chi connectivity index (χ0n) is 7.62. The van der Waals surface area contributed by atoms with E-state index < -0.39 is 7.12 Å². The second kappa shape index (κ2) is 3.02. The molecule has 2 aliphatic rings. The standard InChI is InChI=1S/C8H16BNO2/c1-10-6-2-3-8(7-10)4-5-9(11)12-8/h11H,2-7H2,1H3. The minimum atomic E-state index is -0.503. The minimum Gasteiger partial charge on any atom is -0.427 e. The summed E-state index contributed by atoms with van der Waals surface area (Å²) < 4.78 is 5.57. The first-order chi connectivity index (χ1) is 5.70. The van der Waals surface area contributed by atoms with Crippen molar-refractivity contribution in [2.45, 2.75) is 31.2 Å². The molecule has 1 atom stereocenters. The molecule has 68 valence electrons. The van der Waals surface area contributed by atoms with Crippen molar-refractivity contribution in [3.05, 3.63) is 0 Å². The summed E-state index contributed by atoms with van der Waals surface area (Å²) in [6, 6.07) is 0. The summed E-state index contributed by atoms with van der Waals surface area (Å²) in [6.07, 6.45) is 4.16. The Morgan fingerprint density at radius 3 is 2.92 bits per heavy atom. The molecule has 0 aromatic rings. The second-order valence-corrected chi connectivity index (χ2v) is 4.14. The van der Waals surface area contributed by atoms with Gasteiger partial charge in [0.1, 0.15) is 0 Å². The molecule has 12 heavy (non-hydrogen) atoms. The van der Waals surface area contributed by atoms with E-state index in [0.29, 0.717) is 0 Å². The van der Waals surface area contributed by atoms with Crippen LogP contribution < -0.4 is 0 Å². The molecule has 1 N–H and O–H groups in total. The fourth-order valence-corrected chi connectivity index (χ4v) is 2.41. The zero-order chi connectivity index (χ0) is 8.60. The Morgan fingerprint density at radius 2 is 2.33 bits per heavy atom. The van der Waals surface area contributed by atoms with Crippen molar-refractivity contribution < 1.29 is 9.68 Å². The molecule has 4 heteroatoms. The Balaban J connectivity index is 2.00. The van der Waals surface area contributed by atoms with Crippen molar-refractivity contribution in [1.29, 1.82) is 0 Å². The van der Waals surface area contributed by atoms with Crippen LogP contribution in [0.3, 0.4) is 0 Å². The number of hydrogen-bond donors (Lipinski definition) is 1. The number of rotatable bonds is 0. The lowest BCUT2D eigenvalue weighted by Crippen LogP contribution is -2.46. The highest BCUT2D eigenvalue weighted by molar-refractivity contribution is 6.43. The Bertz CT molecular complexity index is 174. The molecule has 0 bridgehead atoms. The molecular formula is C8H16BNO2. The van der Waals surface area contributed by atoms with Crippen LogP contribution in [0.25, 0.3) is 0 Å². The maximum absolute atomic E-state index is 9.29. The van der Waals surface area contributed by atoms with Crippen LogP contribution in [0, 0.1) is 0 Å². The van der Waals surface area contributed by atoms with Gasteiger partial charge in [-0.05, 0) is 39.2 Å². The maximum atomic E-state index is 9.29. The van der Waals surface area contributed by atoms with E-state index in [1.165, 1.54) is 13.0 Å². The van der Waals surface area contributed by atoms with Crippen molar-refractivity contribution in [3.8, 4) is 0 Å². The third-order valence-electron chi connectivity index (χ3n) is 2.96. The average Bonchev–Trinajstić information content (AvgIpc) is 2.32. The predicted octanol–water partition coefficient (Wildman–Crippen LogP) is 0.352. The topological polar surface area (TPSA) is 32.7 Å². The van der Waals surface area contributed by atoms with Crippen LogP contribution in [0.2, 0.25) is 6.32 Å². The van der Waals surface area contributed by atoms with Gasteiger partial charge in [0.05, 0.1) is 5.60 Å². The third kappa shape index (κ3) is 1.51. The van der Waals surface area contributed by atoms with Gasteiger partial charge >= 0.3 is 7.12 Å². The third-order valence-corrected chi connectivity index (χ3v) is 2.96. The maximum Gasteiger partial charge on any atom is 0.454 e. The van der Waals surface area contributed by atoms with Crippen LogP contribution >= 0.6 is 0 Å². The van der Waals surface area contributed by atoms with Crippen LogP contribution in [0.1, 0.15) is 19.3 Å². The van der Waals surface area contributed by atoms with E-state index >= 15 is 0 Å². The molecule has 0 aromatic heterocycles. The van der Waals surface area contributed by atoms with Gasteiger partial charge in [-0.25, -0.2) is 0 Å². The molecule has 0 radical (unpaired) electrons. The van der Waals surface area contributed by atoms with Gasteiger partial charge in [-0.1, -0.05) is 0 Å². The highest BCUT2D eigenvalue weighted by Gasteiger charge is 2.43. The summed E-state index contributed by atoms with van der Waals surface area (Å²) in [7, 11) is 1.62. The molecule has 0 aromatic carbocycles. The lowest BCUT2D eigenvalue weighted by atomic mass is 9.84. The van der Waals surface area contributed by atoms with Gasteiger partial charge in [-0.2, -0.15) is 0 Å². The van der Waals surface area contributed by atoms with Crippen molar-refractivity contribution in [3.63, 3.8) is 0 Å². The van der Waals surface area contributed by atoms with Gasteiger partial charge in [0.25, 0.3) is 0 Å². The second-order valence-electron chi connectivity index (χ2n) is 4.14. The lowest BCUT2D eigenvalue weighted by Gasteiger charge is -2.38. The van der Waals surface area contributed by atoms with Crippen molar-refractivity contribution in [2.75, 3.05) is 20.1 Å². The van der Waals surface area contributed by atoms with E-state index in [1.54, 1.807) is 0 Å². The molecule has 2 heterocycles. The van der Waals surface area contributed by atoms with Gasteiger partial charge in [-0.3, -0.25) is 0 Å². The first kappa shape index (κ1) is 8.54. The first-order valence-corrected chi connectivity index (χ1v) is 4.75. The minimum absolute atomic E-state index is 0.00752. The molecule has 0 saturated carbocycles.